The van der Waals surface area contributed by atoms with Crippen molar-refractivity contribution >= 4 is 46.4 Å². The van der Waals surface area contributed by atoms with Gasteiger partial charge in [0.2, 0.25) is 11.8 Å². The highest BCUT2D eigenvalue weighted by molar-refractivity contribution is 6.35. The van der Waals surface area contributed by atoms with E-state index in [9.17, 15) is 14.0 Å². The second kappa shape index (κ2) is 7.44. The minimum atomic E-state index is -0.582. The number of carbonyl (C=O) groups excluding carboxylic acids is 2. The van der Waals surface area contributed by atoms with Crippen LogP contribution in [0.15, 0.2) is 42.5 Å². The first-order valence-electron chi connectivity index (χ1n) is 6.65. The molecule has 2 rings (SSSR count). The molecule has 2 aromatic carbocycles. The summed E-state index contributed by atoms with van der Waals surface area (Å²) in [4.78, 5) is 24.9. The normalized spacial score (nSPS) is 10.3. The van der Waals surface area contributed by atoms with Crippen molar-refractivity contribution in [2.24, 2.45) is 0 Å². The Labute approximate surface area is 142 Å². The molecule has 7 heteroatoms. The number of carbonyl (C=O) groups is 2. The predicted octanol–water partition coefficient (Wildman–Crippen LogP) is 4.12. The SMILES string of the molecule is CC(=O)N(CC(=O)Nc1cc(Cl)cc(Cl)c1)c1ccccc1F. The molecule has 2 aromatic rings. The summed E-state index contributed by atoms with van der Waals surface area (Å²) in [6, 6.07) is 10.3. The molecular weight excluding hydrogens is 342 g/mol. The van der Waals surface area contributed by atoms with Gasteiger partial charge in [-0.25, -0.2) is 4.39 Å². The van der Waals surface area contributed by atoms with E-state index in [1.54, 1.807) is 6.07 Å². The molecule has 0 radical (unpaired) electrons. The Morgan fingerprint density at radius 3 is 2.30 bits per heavy atom. The first-order chi connectivity index (χ1) is 10.9. The van der Waals surface area contributed by atoms with Crippen LogP contribution in [0.3, 0.4) is 0 Å². The second-order valence-corrected chi connectivity index (χ2v) is 5.64. The van der Waals surface area contributed by atoms with Gasteiger partial charge in [-0.05, 0) is 30.3 Å². The molecule has 0 fully saturated rings. The molecule has 1 N–H and O–H groups in total. The number of nitrogens with one attached hydrogen (secondary N) is 1. The van der Waals surface area contributed by atoms with E-state index in [4.69, 9.17) is 23.2 Å². The van der Waals surface area contributed by atoms with Crippen LogP contribution in [0.1, 0.15) is 6.92 Å². The van der Waals surface area contributed by atoms with Crippen molar-refractivity contribution in [3.63, 3.8) is 0 Å². The third kappa shape index (κ3) is 4.68. The summed E-state index contributed by atoms with van der Waals surface area (Å²) in [7, 11) is 0. The summed E-state index contributed by atoms with van der Waals surface area (Å²) in [5, 5.41) is 3.31. The van der Waals surface area contributed by atoms with Crippen LogP contribution in [0.2, 0.25) is 10.0 Å². The zero-order valence-electron chi connectivity index (χ0n) is 12.1. The maximum absolute atomic E-state index is 13.8. The van der Waals surface area contributed by atoms with Crippen LogP contribution in [-0.2, 0) is 9.59 Å². The van der Waals surface area contributed by atoms with Crippen molar-refractivity contribution in [1.82, 2.24) is 0 Å². The number of halogens is 3. The van der Waals surface area contributed by atoms with Gasteiger partial charge < -0.3 is 10.2 Å². The third-order valence-electron chi connectivity index (χ3n) is 2.97. The van der Waals surface area contributed by atoms with Crippen LogP contribution in [0.4, 0.5) is 15.8 Å². The van der Waals surface area contributed by atoms with E-state index in [1.807, 2.05) is 0 Å². The molecule has 0 heterocycles. The van der Waals surface area contributed by atoms with Gasteiger partial charge in [0.25, 0.3) is 0 Å². The minimum Gasteiger partial charge on any atom is -0.324 e. The van der Waals surface area contributed by atoms with Gasteiger partial charge in [-0.15, -0.1) is 0 Å². The van der Waals surface area contributed by atoms with Crippen LogP contribution in [0, 0.1) is 5.82 Å². The molecule has 0 aliphatic heterocycles. The van der Waals surface area contributed by atoms with Crippen LogP contribution in [0.5, 0.6) is 0 Å². The molecule has 0 aromatic heterocycles. The van der Waals surface area contributed by atoms with Crippen molar-refractivity contribution in [2.45, 2.75) is 6.92 Å². The first kappa shape index (κ1) is 17.2. The zero-order valence-corrected chi connectivity index (χ0v) is 13.7. The lowest BCUT2D eigenvalue weighted by Gasteiger charge is -2.21. The van der Waals surface area contributed by atoms with Gasteiger partial charge in [0.15, 0.2) is 0 Å². The van der Waals surface area contributed by atoms with Crippen LogP contribution >= 0.6 is 23.2 Å². The molecule has 0 unspecified atom stereocenters. The largest absolute Gasteiger partial charge is 0.324 e. The van der Waals surface area contributed by atoms with Gasteiger partial charge in [-0.2, -0.15) is 0 Å². The number of nitrogens with zero attached hydrogens (tertiary/aromatic N) is 1. The lowest BCUT2D eigenvalue weighted by Crippen LogP contribution is -2.37. The summed E-state index contributed by atoms with van der Waals surface area (Å²) in [6.07, 6.45) is 0. The van der Waals surface area contributed by atoms with E-state index in [1.165, 1.54) is 43.3 Å². The molecule has 4 nitrogen and oxygen atoms in total. The maximum Gasteiger partial charge on any atom is 0.244 e. The number of amides is 2. The fourth-order valence-corrected chi connectivity index (χ4v) is 2.53. The smallest absolute Gasteiger partial charge is 0.244 e. The van der Waals surface area contributed by atoms with E-state index >= 15 is 0 Å². The number of rotatable bonds is 4. The molecule has 0 saturated heterocycles. The van der Waals surface area contributed by atoms with E-state index in [0.29, 0.717) is 15.7 Å². The van der Waals surface area contributed by atoms with Crippen molar-refractivity contribution in [3.05, 3.63) is 58.3 Å². The highest BCUT2D eigenvalue weighted by Gasteiger charge is 2.19. The van der Waals surface area contributed by atoms with Gasteiger partial charge in [-0.3, -0.25) is 9.59 Å². The molecule has 23 heavy (non-hydrogen) atoms. The second-order valence-electron chi connectivity index (χ2n) is 4.76. The van der Waals surface area contributed by atoms with E-state index < -0.39 is 17.6 Å². The number of para-hydroxylation sites is 1. The van der Waals surface area contributed by atoms with Crippen molar-refractivity contribution in [1.29, 1.82) is 0 Å². The van der Waals surface area contributed by atoms with Crippen LogP contribution < -0.4 is 10.2 Å². The van der Waals surface area contributed by atoms with Crippen molar-refractivity contribution in [3.8, 4) is 0 Å². The topological polar surface area (TPSA) is 49.4 Å². The summed E-state index contributed by atoms with van der Waals surface area (Å²) in [6.45, 7) is 0.927. The maximum atomic E-state index is 13.8. The predicted molar refractivity (Wildman–Crippen MR) is 89.5 cm³/mol. The number of benzene rings is 2. The Hall–Kier alpha value is -2.11. The molecule has 0 bridgehead atoms. The summed E-state index contributed by atoms with van der Waals surface area (Å²) in [5.74, 6) is -1.53. The summed E-state index contributed by atoms with van der Waals surface area (Å²) in [5.41, 5.74) is 0.434. The molecule has 2 amide bonds. The highest BCUT2D eigenvalue weighted by Crippen LogP contribution is 2.23. The van der Waals surface area contributed by atoms with Crippen molar-refractivity contribution in [2.75, 3.05) is 16.8 Å². The lowest BCUT2D eigenvalue weighted by molar-refractivity contribution is -0.120. The molecule has 0 saturated carbocycles. The van der Waals surface area contributed by atoms with Crippen LogP contribution in [0.25, 0.3) is 0 Å². The summed E-state index contributed by atoms with van der Waals surface area (Å²) < 4.78 is 13.8. The van der Waals surface area contributed by atoms with E-state index in [-0.39, 0.29) is 12.2 Å². The fraction of sp³-hybridized carbons (Fsp3) is 0.125. The molecule has 0 atom stereocenters. The summed E-state index contributed by atoms with van der Waals surface area (Å²) >= 11 is 11.7. The van der Waals surface area contributed by atoms with Gasteiger partial charge in [0.05, 0.1) is 5.69 Å². The molecule has 0 aliphatic rings. The Kier molecular flexibility index (Phi) is 5.58. The fourth-order valence-electron chi connectivity index (χ4n) is 2.01. The number of anilines is 2. The quantitative estimate of drug-likeness (QED) is 0.897. The van der Waals surface area contributed by atoms with Crippen molar-refractivity contribution < 1.29 is 14.0 Å². The van der Waals surface area contributed by atoms with Crippen LogP contribution in [-0.4, -0.2) is 18.4 Å². The Balaban J connectivity index is 2.16. The van der Waals surface area contributed by atoms with Gasteiger partial charge in [0.1, 0.15) is 12.4 Å². The standard InChI is InChI=1S/C16H13Cl2FN2O2/c1-10(22)21(15-5-3-2-4-14(15)19)9-16(23)20-13-7-11(17)6-12(18)8-13/h2-8H,9H2,1H3,(H,20,23). The zero-order chi connectivity index (χ0) is 17.0. The molecule has 120 valence electrons. The average Bonchev–Trinajstić information content (AvgIpc) is 2.44. The van der Waals surface area contributed by atoms with Gasteiger partial charge in [0, 0.05) is 22.7 Å². The monoisotopic (exact) mass is 354 g/mol. The Morgan fingerprint density at radius 1 is 1.13 bits per heavy atom. The molecule has 0 aliphatic carbocycles. The first-order valence-corrected chi connectivity index (χ1v) is 7.41. The number of hydrogen-bond donors (Lipinski definition) is 1. The third-order valence-corrected chi connectivity index (χ3v) is 3.41. The molecule has 0 spiro atoms. The van der Waals surface area contributed by atoms with E-state index in [0.717, 1.165) is 4.90 Å². The lowest BCUT2D eigenvalue weighted by atomic mass is 10.2. The van der Waals surface area contributed by atoms with Gasteiger partial charge >= 0.3 is 0 Å². The Morgan fingerprint density at radius 2 is 1.74 bits per heavy atom. The minimum absolute atomic E-state index is 0.0410. The number of hydrogen-bond acceptors (Lipinski definition) is 2. The molecular formula is C16H13Cl2FN2O2. The van der Waals surface area contributed by atoms with Gasteiger partial charge in [-0.1, -0.05) is 35.3 Å². The highest BCUT2D eigenvalue weighted by atomic mass is 35.5. The average molecular weight is 355 g/mol. The Bertz CT molecular complexity index is 732. The van der Waals surface area contributed by atoms with E-state index in [2.05, 4.69) is 5.32 Å².